The second-order valence-electron chi connectivity index (χ2n) is 4.37. The predicted octanol–water partition coefficient (Wildman–Crippen LogP) is 1.76. The van der Waals surface area contributed by atoms with Gasteiger partial charge in [-0.15, -0.1) is 0 Å². The number of nitrogens with zero attached hydrogens (tertiary/aromatic N) is 3. The largest absolute Gasteiger partial charge is 0.323 e. The van der Waals surface area contributed by atoms with Crippen molar-refractivity contribution in [1.82, 2.24) is 14.8 Å². The van der Waals surface area contributed by atoms with Gasteiger partial charge in [-0.25, -0.2) is 0 Å². The van der Waals surface area contributed by atoms with Gasteiger partial charge in [-0.2, -0.15) is 5.10 Å². The second-order valence-corrected chi connectivity index (χ2v) is 4.37. The van der Waals surface area contributed by atoms with Gasteiger partial charge in [0.1, 0.15) is 0 Å². The lowest BCUT2D eigenvalue weighted by Crippen LogP contribution is -2.14. The summed E-state index contributed by atoms with van der Waals surface area (Å²) in [5.41, 5.74) is 9.53. The first kappa shape index (κ1) is 11.8. The van der Waals surface area contributed by atoms with E-state index >= 15 is 0 Å². The topological polar surface area (TPSA) is 56.7 Å². The summed E-state index contributed by atoms with van der Waals surface area (Å²) in [4.78, 5) is 4.35. The first-order valence-corrected chi connectivity index (χ1v) is 5.81. The predicted molar refractivity (Wildman–Crippen MR) is 67.4 cm³/mol. The van der Waals surface area contributed by atoms with Crippen LogP contribution in [0.1, 0.15) is 29.3 Å². The van der Waals surface area contributed by atoms with Crippen LogP contribution < -0.4 is 5.73 Å². The fourth-order valence-corrected chi connectivity index (χ4v) is 1.95. The summed E-state index contributed by atoms with van der Waals surface area (Å²) < 4.78 is 1.81. The van der Waals surface area contributed by atoms with Gasteiger partial charge in [0.25, 0.3) is 0 Å². The third kappa shape index (κ3) is 2.91. The van der Waals surface area contributed by atoms with Gasteiger partial charge in [-0.1, -0.05) is 6.07 Å². The van der Waals surface area contributed by atoms with Gasteiger partial charge >= 0.3 is 0 Å². The van der Waals surface area contributed by atoms with Crippen LogP contribution in [-0.2, 0) is 13.5 Å². The number of pyridine rings is 1. The lowest BCUT2D eigenvalue weighted by molar-refractivity contribution is 0.629. The van der Waals surface area contributed by atoms with Crippen molar-refractivity contribution >= 4 is 0 Å². The number of rotatable bonds is 4. The molecule has 0 bridgehead atoms. The van der Waals surface area contributed by atoms with Crippen LogP contribution >= 0.6 is 0 Å². The molecule has 1 atom stereocenters. The molecule has 0 aliphatic rings. The lowest BCUT2D eigenvalue weighted by Gasteiger charge is -2.12. The third-order valence-electron chi connectivity index (χ3n) is 2.90. The van der Waals surface area contributed by atoms with E-state index in [1.54, 1.807) is 6.20 Å². The van der Waals surface area contributed by atoms with E-state index in [0.717, 1.165) is 24.1 Å². The van der Waals surface area contributed by atoms with E-state index in [1.165, 1.54) is 5.56 Å². The van der Waals surface area contributed by atoms with Crippen molar-refractivity contribution in [2.75, 3.05) is 0 Å². The Labute approximate surface area is 101 Å². The summed E-state index contributed by atoms with van der Waals surface area (Å²) >= 11 is 0. The maximum Gasteiger partial charge on any atom is 0.0600 e. The zero-order valence-electron chi connectivity index (χ0n) is 10.3. The van der Waals surface area contributed by atoms with Crippen LogP contribution in [0.25, 0.3) is 0 Å². The van der Waals surface area contributed by atoms with E-state index in [2.05, 4.69) is 10.1 Å². The summed E-state index contributed by atoms with van der Waals surface area (Å²) in [5.74, 6) is 0. The molecule has 1 unspecified atom stereocenters. The summed E-state index contributed by atoms with van der Waals surface area (Å²) in [7, 11) is 1.92. The van der Waals surface area contributed by atoms with E-state index in [1.807, 2.05) is 43.2 Å². The SMILES string of the molecule is Cc1cccnc1C(N)CCc1cnn(C)c1. The van der Waals surface area contributed by atoms with E-state index in [9.17, 15) is 0 Å². The number of aryl methyl sites for hydroxylation is 3. The quantitative estimate of drug-likeness (QED) is 0.870. The van der Waals surface area contributed by atoms with Crippen LogP contribution in [0.3, 0.4) is 0 Å². The van der Waals surface area contributed by atoms with Gasteiger partial charge in [-0.3, -0.25) is 9.67 Å². The molecule has 0 aliphatic carbocycles. The minimum absolute atomic E-state index is 0.00333. The number of aromatic nitrogens is 3. The Morgan fingerprint density at radius 3 is 2.94 bits per heavy atom. The summed E-state index contributed by atoms with van der Waals surface area (Å²) in [6.45, 7) is 2.05. The average molecular weight is 230 g/mol. The van der Waals surface area contributed by atoms with E-state index in [4.69, 9.17) is 5.73 Å². The molecule has 0 aliphatic heterocycles. The lowest BCUT2D eigenvalue weighted by atomic mass is 10.0. The van der Waals surface area contributed by atoms with Crippen molar-refractivity contribution in [2.24, 2.45) is 12.8 Å². The van der Waals surface area contributed by atoms with Crippen LogP contribution in [0.4, 0.5) is 0 Å². The third-order valence-corrected chi connectivity index (χ3v) is 2.90. The van der Waals surface area contributed by atoms with Crippen molar-refractivity contribution in [2.45, 2.75) is 25.8 Å². The molecule has 0 fully saturated rings. The fourth-order valence-electron chi connectivity index (χ4n) is 1.95. The molecule has 2 aromatic rings. The number of nitrogens with two attached hydrogens (primary N) is 1. The smallest absolute Gasteiger partial charge is 0.0600 e. The van der Waals surface area contributed by atoms with E-state index in [-0.39, 0.29) is 6.04 Å². The number of hydrogen-bond acceptors (Lipinski definition) is 3. The maximum atomic E-state index is 6.16. The molecule has 0 saturated heterocycles. The molecule has 0 spiro atoms. The van der Waals surface area contributed by atoms with Crippen molar-refractivity contribution in [1.29, 1.82) is 0 Å². The summed E-state index contributed by atoms with van der Waals surface area (Å²) in [6.07, 6.45) is 7.54. The molecule has 4 heteroatoms. The Bertz CT molecular complexity index is 490. The Morgan fingerprint density at radius 1 is 1.47 bits per heavy atom. The average Bonchev–Trinajstić information content (AvgIpc) is 2.73. The van der Waals surface area contributed by atoms with Gasteiger partial charge < -0.3 is 5.73 Å². The highest BCUT2D eigenvalue weighted by atomic mass is 15.2. The van der Waals surface area contributed by atoms with E-state index in [0.29, 0.717) is 0 Å². The molecule has 0 aromatic carbocycles. The first-order chi connectivity index (χ1) is 8.16. The van der Waals surface area contributed by atoms with Crippen LogP contribution in [0.15, 0.2) is 30.7 Å². The monoisotopic (exact) mass is 230 g/mol. The van der Waals surface area contributed by atoms with Gasteiger partial charge in [0, 0.05) is 25.5 Å². The van der Waals surface area contributed by atoms with Crippen molar-refractivity contribution in [3.8, 4) is 0 Å². The van der Waals surface area contributed by atoms with E-state index < -0.39 is 0 Å². The highest BCUT2D eigenvalue weighted by molar-refractivity contribution is 5.21. The zero-order valence-corrected chi connectivity index (χ0v) is 10.3. The second kappa shape index (κ2) is 5.10. The van der Waals surface area contributed by atoms with Gasteiger partial charge in [-0.05, 0) is 37.0 Å². The standard InChI is InChI=1S/C13H18N4/c1-10-4-3-7-15-13(10)12(14)6-5-11-8-16-17(2)9-11/h3-4,7-9,12H,5-6,14H2,1-2H3. The molecule has 0 amide bonds. The molecule has 17 heavy (non-hydrogen) atoms. The molecular weight excluding hydrogens is 212 g/mol. The minimum Gasteiger partial charge on any atom is -0.323 e. The minimum atomic E-state index is -0.00333. The molecule has 2 rings (SSSR count). The molecule has 0 radical (unpaired) electrons. The molecule has 90 valence electrons. The molecular formula is C13H18N4. The van der Waals surface area contributed by atoms with Gasteiger partial charge in [0.05, 0.1) is 11.9 Å². The van der Waals surface area contributed by atoms with Gasteiger partial charge in [0.2, 0.25) is 0 Å². The van der Waals surface area contributed by atoms with Crippen LogP contribution in [0.2, 0.25) is 0 Å². The van der Waals surface area contributed by atoms with Crippen molar-refractivity contribution < 1.29 is 0 Å². The maximum absolute atomic E-state index is 6.16. The highest BCUT2D eigenvalue weighted by Gasteiger charge is 2.10. The summed E-state index contributed by atoms with van der Waals surface area (Å²) in [6, 6.07) is 3.98. The Morgan fingerprint density at radius 2 is 2.29 bits per heavy atom. The van der Waals surface area contributed by atoms with Crippen molar-refractivity contribution in [3.63, 3.8) is 0 Å². The van der Waals surface area contributed by atoms with Crippen LogP contribution in [-0.4, -0.2) is 14.8 Å². The molecule has 2 aromatic heterocycles. The molecule has 4 nitrogen and oxygen atoms in total. The first-order valence-electron chi connectivity index (χ1n) is 5.81. The normalized spacial score (nSPS) is 12.6. The van der Waals surface area contributed by atoms with Crippen LogP contribution in [0.5, 0.6) is 0 Å². The highest BCUT2D eigenvalue weighted by Crippen LogP contribution is 2.17. The molecule has 2 N–H and O–H groups in total. The number of hydrogen-bond donors (Lipinski definition) is 1. The zero-order chi connectivity index (χ0) is 12.3. The van der Waals surface area contributed by atoms with Crippen LogP contribution in [0, 0.1) is 6.92 Å². The summed E-state index contributed by atoms with van der Waals surface area (Å²) in [5, 5.41) is 4.15. The molecule has 0 saturated carbocycles. The fraction of sp³-hybridized carbons (Fsp3) is 0.385. The van der Waals surface area contributed by atoms with Gasteiger partial charge in [0.15, 0.2) is 0 Å². The Hall–Kier alpha value is -1.68. The Balaban J connectivity index is 1.98. The molecule has 2 heterocycles. The Kier molecular flexibility index (Phi) is 3.54. The van der Waals surface area contributed by atoms with Crippen molar-refractivity contribution in [3.05, 3.63) is 47.5 Å².